The highest BCUT2D eigenvalue weighted by Crippen LogP contribution is 2.32. The summed E-state index contributed by atoms with van der Waals surface area (Å²) >= 11 is 6.40. The standard InChI is InChI=1S/C21H17ClF3N7O/c22-18-15(11-27-32(20(18)33)16-7-6-14(10-26-16)21(23,24)25)30-8-3-4-13(12-30)19-29-28-17-5-1-2-9-31(17)19/h1-2,5-7,9-11,13H,3-4,8,12H2. The Morgan fingerprint density at radius 3 is 2.70 bits per heavy atom. The number of hydrogen-bond acceptors (Lipinski definition) is 6. The molecule has 0 N–H and O–H groups in total. The van der Waals surface area contributed by atoms with Crippen LogP contribution in [0.2, 0.25) is 5.02 Å². The molecule has 1 aliphatic rings. The van der Waals surface area contributed by atoms with Crippen LogP contribution in [0.15, 0.2) is 53.7 Å². The number of anilines is 1. The molecule has 0 aliphatic carbocycles. The molecule has 4 aromatic heterocycles. The minimum absolute atomic E-state index is 0.0482. The minimum atomic E-state index is -4.52. The van der Waals surface area contributed by atoms with Crippen molar-refractivity contribution >= 4 is 22.9 Å². The first-order chi connectivity index (χ1) is 15.8. The van der Waals surface area contributed by atoms with Crippen molar-refractivity contribution in [2.75, 3.05) is 18.0 Å². The van der Waals surface area contributed by atoms with Crippen LogP contribution in [0.4, 0.5) is 18.9 Å². The molecule has 0 aromatic carbocycles. The highest BCUT2D eigenvalue weighted by Gasteiger charge is 2.31. The van der Waals surface area contributed by atoms with Crippen LogP contribution in [-0.2, 0) is 6.18 Å². The molecule has 1 atom stereocenters. The van der Waals surface area contributed by atoms with Crippen molar-refractivity contribution in [3.05, 3.63) is 75.7 Å². The Morgan fingerprint density at radius 2 is 1.94 bits per heavy atom. The number of pyridine rings is 2. The molecule has 0 bridgehead atoms. The zero-order valence-corrected chi connectivity index (χ0v) is 17.8. The van der Waals surface area contributed by atoms with Crippen LogP contribution >= 0.6 is 11.6 Å². The van der Waals surface area contributed by atoms with E-state index in [0.29, 0.717) is 25.0 Å². The van der Waals surface area contributed by atoms with E-state index in [1.165, 1.54) is 6.20 Å². The fourth-order valence-corrected chi connectivity index (χ4v) is 4.28. The summed E-state index contributed by atoms with van der Waals surface area (Å²) in [6, 6.07) is 7.62. The molecule has 33 heavy (non-hydrogen) atoms. The summed E-state index contributed by atoms with van der Waals surface area (Å²) in [5.41, 5.74) is -0.349. The van der Waals surface area contributed by atoms with Crippen LogP contribution in [0.3, 0.4) is 0 Å². The van der Waals surface area contributed by atoms with Gasteiger partial charge in [-0.25, -0.2) is 4.98 Å². The third kappa shape index (κ3) is 3.92. The second-order valence-corrected chi connectivity index (χ2v) is 8.11. The topological polar surface area (TPSA) is 81.2 Å². The number of rotatable bonds is 3. The van der Waals surface area contributed by atoms with Gasteiger partial charge in [0, 0.05) is 31.4 Å². The van der Waals surface area contributed by atoms with E-state index in [1.54, 1.807) is 0 Å². The van der Waals surface area contributed by atoms with Gasteiger partial charge in [-0.1, -0.05) is 17.7 Å². The van der Waals surface area contributed by atoms with E-state index in [4.69, 9.17) is 11.6 Å². The molecule has 5 rings (SSSR count). The van der Waals surface area contributed by atoms with Gasteiger partial charge in [0.2, 0.25) is 0 Å². The number of nitrogens with zero attached hydrogens (tertiary/aromatic N) is 7. The predicted molar refractivity (Wildman–Crippen MR) is 115 cm³/mol. The number of piperidine rings is 1. The van der Waals surface area contributed by atoms with E-state index in [0.717, 1.165) is 41.1 Å². The molecule has 0 radical (unpaired) electrons. The lowest BCUT2D eigenvalue weighted by Gasteiger charge is -2.33. The zero-order valence-electron chi connectivity index (χ0n) is 17.1. The number of hydrogen-bond donors (Lipinski definition) is 0. The maximum Gasteiger partial charge on any atom is 0.417 e. The van der Waals surface area contributed by atoms with Crippen LogP contribution in [0.25, 0.3) is 11.5 Å². The van der Waals surface area contributed by atoms with Gasteiger partial charge in [0.1, 0.15) is 10.8 Å². The smallest absolute Gasteiger partial charge is 0.368 e. The molecule has 4 aromatic rings. The van der Waals surface area contributed by atoms with Gasteiger partial charge in [-0.05, 0) is 37.1 Å². The van der Waals surface area contributed by atoms with Crippen molar-refractivity contribution in [3.63, 3.8) is 0 Å². The van der Waals surface area contributed by atoms with Crippen molar-refractivity contribution in [1.29, 1.82) is 0 Å². The first-order valence-electron chi connectivity index (χ1n) is 10.2. The van der Waals surface area contributed by atoms with Crippen molar-refractivity contribution in [3.8, 4) is 5.82 Å². The third-order valence-electron chi connectivity index (χ3n) is 5.66. The van der Waals surface area contributed by atoms with Gasteiger partial charge in [0.15, 0.2) is 11.5 Å². The Morgan fingerprint density at radius 1 is 1.09 bits per heavy atom. The highest BCUT2D eigenvalue weighted by atomic mass is 35.5. The Labute approximate surface area is 190 Å². The van der Waals surface area contributed by atoms with Gasteiger partial charge in [0.05, 0.1) is 17.4 Å². The van der Waals surface area contributed by atoms with Crippen molar-refractivity contribution in [2.24, 2.45) is 0 Å². The van der Waals surface area contributed by atoms with Crippen LogP contribution < -0.4 is 10.5 Å². The lowest BCUT2D eigenvalue weighted by molar-refractivity contribution is -0.137. The van der Waals surface area contributed by atoms with Gasteiger partial charge in [-0.3, -0.25) is 9.20 Å². The van der Waals surface area contributed by atoms with Gasteiger partial charge in [0.25, 0.3) is 5.56 Å². The Kier molecular flexibility index (Phi) is 5.28. The summed E-state index contributed by atoms with van der Waals surface area (Å²) in [5.74, 6) is 0.862. The first kappa shape index (κ1) is 21.4. The number of halogens is 4. The Bertz CT molecular complexity index is 1370. The monoisotopic (exact) mass is 475 g/mol. The average Bonchev–Trinajstić information content (AvgIpc) is 3.25. The molecule has 1 fully saturated rings. The summed E-state index contributed by atoms with van der Waals surface area (Å²) < 4.78 is 41.2. The van der Waals surface area contributed by atoms with Crippen LogP contribution in [0, 0.1) is 0 Å². The molecule has 170 valence electrons. The Balaban J connectivity index is 1.43. The quantitative estimate of drug-likeness (QED) is 0.449. The van der Waals surface area contributed by atoms with Crippen LogP contribution in [0.1, 0.15) is 30.1 Å². The minimum Gasteiger partial charge on any atom is -0.368 e. The van der Waals surface area contributed by atoms with E-state index in [9.17, 15) is 18.0 Å². The van der Waals surface area contributed by atoms with E-state index in [1.807, 2.05) is 33.7 Å². The van der Waals surface area contributed by atoms with E-state index in [2.05, 4.69) is 20.3 Å². The van der Waals surface area contributed by atoms with Gasteiger partial charge in [-0.15, -0.1) is 10.2 Å². The highest BCUT2D eigenvalue weighted by molar-refractivity contribution is 6.33. The maximum atomic E-state index is 12.9. The van der Waals surface area contributed by atoms with E-state index in [-0.39, 0.29) is 16.8 Å². The Hall–Kier alpha value is -3.47. The second-order valence-electron chi connectivity index (χ2n) is 7.74. The molecule has 0 amide bonds. The van der Waals surface area contributed by atoms with Crippen molar-refractivity contribution in [2.45, 2.75) is 24.9 Å². The number of aromatic nitrogens is 6. The summed E-state index contributed by atoms with van der Waals surface area (Å²) in [4.78, 5) is 18.5. The molecular weight excluding hydrogens is 459 g/mol. The molecule has 5 heterocycles. The lowest BCUT2D eigenvalue weighted by atomic mass is 9.97. The number of fused-ring (bicyclic) bond motifs is 1. The normalized spacial score (nSPS) is 17.0. The predicted octanol–water partition coefficient (Wildman–Crippen LogP) is 3.73. The van der Waals surface area contributed by atoms with Crippen molar-refractivity contribution < 1.29 is 13.2 Å². The summed E-state index contributed by atoms with van der Waals surface area (Å²) in [7, 11) is 0. The summed E-state index contributed by atoms with van der Waals surface area (Å²) in [5, 5.41) is 12.6. The zero-order chi connectivity index (χ0) is 23.2. The molecule has 1 saturated heterocycles. The van der Waals surface area contributed by atoms with Crippen molar-refractivity contribution in [1.82, 2.24) is 29.4 Å². The molecule has 1 aliphatic heterocycles. The maximum absolute atomic E-state index is 12.9. The molecule has 0 spiro atoms. The van der Waals surface area contributed by atoms with Gasteiger partial charge >= 0.3 is 6.18 Å². The molecule has 0 saturated carbocycles. The SMILES string of the molecule is O=c1c(Cl)c(N2CCCC(c3nnc4ccccn34)C2)cnn1-c1ccc(C(F)(F)F)cn1. The van der Waals surface area contributed by atoms with Gasteiger partial charge in [-0.2, -0.15) is 23.0 Å². The first-order valence-corrected chi connectivity index (χ1v) is 10.6. The molecule has 8 nitrogen and oxygen atoms in total. The molecular formula is C21H17ClF3N7O. The summed E-state index contributed by atoms with van der Waals surface area (Å²) in [6.07, 6.45) is 1.25. The van der Waals surface area contributed by atoms with Gasteiger partial charge < -0.3 is 4.90 Å². The molecule has 1 unspecified atom stereocenters. The lowest BCUT2D eigenvalue weighted by Crippen LogP contribution is -2.37. The van der Waals surface area contributed by atoms with E-state index < -0.39 is 17.3 Å². The molecule has 12 heteroatoms. The van der Waals surface area contributed by atoms with Crippen LogP contribution in [0.5, 0.6) is 0 Å². The second kappa shape index (κ2) is 8.14. The number of alkyl halides is 3. The third-order valence-corrected chi connectivity index (χ3v) is 6.02. The average molecular weight is 476 g/mol. The van der Waals surface area contributed by atoms with Crippen LogP contribution in [-0.4, -0.2) is 42.5 Å². The fourth-order valence-electron chi connectivity index (χ4n) is 4.03. The fraction of sp³-hybridized carbons (Fsp3) is 0.286. The largest absolute Gasteiger partial charge is 0.417 e. The summed E-state index contributed by atoms with van der Waals surface area (Å²) in [6.45, 7) is 1.25. The van der Waals surface area contributed by atoms with E-state index >= 15 is 0 Å².